The van der Waals surface area contributed by atoms with E-state index in [9.17, 15) is 14.9 Å². The zero-order chi connectivity index (χ0) is 12.8. The van der Waals surface area contributed by atoms with Crippen LogP contribution in [-0.4, -0.2) is 24.5 Å². The van der Waals surface area contributed by atoms with E-state index in [2.05, 4.69) is 11.9 Å². The molecule has 0 aliphatic heterocycles. The summed E-state index contributed by atoms with van der Waals surface area (Å²) in [6, 6.07) is 4.21. The van der Waals surface area contributed by atoms with Crippen LogP contribution in [0.1, 0.15) is 10.4 Å². The maximum atomic E-state index is 11.8. The van der Waals surface area contributed by atoms with Gasteiger partial charge < -0.3 is 10.1 Å². The molecule has 0 heterocycles. The maximum Gasteiger partial charge on any atom is 0.285 e. The predicted octanol–water partition coefficient (Wildman–Crippen LogP) is 1.52. The van der Waals surface area contributed by atoms with E-state index in [1.165, 1.54) is 31.4 Å². The van der Waals surface area contributed by atoms with Gasteiger partial charge in [-0.2, -0.15) is 0 Å². The fourth-order valence-electron chi connectivity index (χ4n) is 1.32. The number of methoxy groups -OCH3 is 1. The predicted molar refractivity (Wildman–Crippen MR) is 62.2 cm³/mol. The molecule has 0 saturated heterocycles. The first-order valence-electron chi connectivity index (χ1n) is 4.82. The Morgan fingerprint density at radius 1 is 1.65 bits per heavy atom. The minimum absolute atomic E-state index is 0.0816. The summed E-state index contributed by atoms with van der Waals surface area (Å²) < 4.78 is 4.95. The van der Waals surface area contributed by atoms with E-state index in [1.54, 1.807) is 0 Å². The third-order valence-corrected chi connectivity index (χ3v) is 2.05. The number of hydrogen-bond acceptors (Lipinski definition) is 4. The van der Waals surface area contributed by atoms with Gasteiger partial charge in [0.15, 0.2) is 5.56 Å². The van der Waals surface area contributed by atoms with Gasteiger partial charge in [0.2, 0.25) is 0 Å². The molecule has 6 nitrogen and oxygen atoms in total. The molecule has 90 valence electrons. The fourth-order valence-corrected chi connectivity index (χ4v) is 1.32. The normalized spacial score (nSPS) is 9.47. The van der Waals surface area contributed by atoms with Crippen LogP contribution in [0.15, 0.2) is 30.9 Å². The highest BCUT2D eigenvalue weighted by Gasteiger charge is 2.24. The molecular weight excluding hydrogens is 224 g/mol. The Hall–Kier alpha value is -2.37. The number of rotatable bonds is 5. The van der Waals surface area contributed by atoms with Crippen molar-refractivity contribution in [3.63, 3.8) is 0 Å². The van der Waals surface area contributed by atoms with Crippen LogP contribution in [0, 0.1) is 10.1 Å². The second kappa shape index (κ2) is 5.64. The summed E-state index contributed by atoms with van der Waals surface area (Å²) in [5.74, 6) is -0.394. The van der Waals surface area contributed by atoms with E-state index >= 15 is 0 Å². The van der Waals surface area contributed by atoms with E-state index in [0.29, 0.717) is 0 Å². The number of amides is 1. The van der Waals surface area contributed by atoms with Crippen LogP contribution in [-0.2, 0) is 0 Å². The number of ether oxygens (including phenoxy) is 1. The number of nitro groups is 1. The van der Waals surface area contributed by atoms with Crippen LogP contribution in [0.25, 0.3) is 0 Å². The van der Waals surface area contributed by atoms with E-state index in [-0.39, 0.29) is 23.5 Å². The highest BCUT2D eigenvalue weighted by molar-refractivity contribution is 6.00. The average Bonchev–Trinajstić information content (AvgIpc) is 2.34. The van der Waals surface area contributed by atoms with Crippen LogP contribution in [0.2, 0.25) is 0 Å². The number of carbonyl (C=O) groups is 1. The third-order valence-electron chi connectivity index (χ3n) is 2.05. The molecule has 0 bridgehead atoms. The van der Waals surface area contributed by atoms with E-state index in [4.69, 9.17) is 4.74 Å². The topological polar surface area (TPSA) is 81.5 Å². The minimum atomic E-state index is -0.620. The zero-order valence-electron chi connectivity index (χ0n) is 9.30. The summed E-state index contributed by atoms with van der Waals surface area (Å²) in [4.78, 5) is 22.0. The standard InChI is InChI=1S/C11H12N2O4/c1-3-7-12-11(14)10-8(13(15)16)5-4-6-9(10)17-2/h3-6H,1,7H2,2H3,(H,12,14). The maximum absolute atomic E-state index is 11.8. The van der Waals surface area contributed by atoms with Crippen molar-refractivity contribution in [2.45, 2.75) is 0 Å². The van der Waals surface area contributed by atoms with Gasteiger partial charge in [-0.25, -0.2) is 0 Å². The number of carbonyl (C=O) groups excluding carboxylic acids is 1. The third kappa shape index (κ3) is 2.81. The van der Waals surface area contributed by atoms with E-state index < -0.39 is 10.8 Å². The first kappa shape index (κ1) is 12.7. The van der Waals surface area contributed by atoms with Crippen molar-refractivity contribution in [1.29, 1.82) is 0 Å². The van der Waals surface area contributed by atoms with Crippen molar-refractivity contribution in [2.75, 3.05) is 13.7 Å². The van der Waals surface area contributed by atoms with Crippen molar-refractivity contribution in [1.82, 2.24) is 5.32 Å². The van der Waals surface area contributed by atoms with Crippen molar-refractivity contribution in [3.05, 3.63) is 46.5 Å². The molecule has 0 radical (unpaired) electrons. The number of benzene rings is 1. The molecular formula is C11H12N2O4. The lowest BCUT2D eigenvalue weighted by molar-refractivity contribution is -0.385. The van der Waals surface area contributed by atoms with Gasteiger partial charge in [0.05, 0.1) is 12.0 Å². The highest BCUT2D eigenvalue weighted by atomic mass is 16.6. The molecule has 0 aliphatic rings. The fraction of sp³-hybridized carbons (Fsp3) is 0.182. The number of nitrogens with one attached hydrogen (secondary N) is 1. The Labute approximate surface area is 98.0 Å². The van der Waals surface area contributed by atoms with Crippen LogP contribution in [0.3, 0.4) is 0 Å². The SMILES string of the molecule is C=CCNC(=O)c1c(OC)cccc1[N+](=O)[O-]. The van der Waals surface area contributed by atoms with Gasteiger partial charge in [-0.05, 0) is 6.07 Å². The van der Waals surface area contributed by atoms with Gasteiger partial charge in [0.1, 0.15) is 5.75 Å². The van der Waals surface area contributed by atoms with Crippen molar-refractivity contribution >= 4 is 11.6 Å². The average molecular weight is 236 g/mol. The summed E-state index contributed by atoms with van der Waals surface area (Å²) in [6.07, 6.45) is 1.49. The summed E-state index contributed by atoms with van der Waals surface area (Å²) >= 11 is 0. The van der Waals surface area contributed by atoms with Crippen LogP contribution >= 0.6 is 0 Å². The van der Waals surface area contributed by atoms with Crippen molar-refractivity contribution in [3.8, 4) is 5.75 Å². The molecule has 1 aromatic rings. The molecule has 17 heavy (non-hydrogen) atoms. The highest BCUT2D eigenvalue weighted by Crippen LogP contribution is 2.27. The largest absolute Gasteiger partial charge is 0.496 e. The smallest absolute Gasteiger partial charge is 0.285 e. The molecule has 1 aromatic carbocycles. The number of nitrogens with zero attached hydrogens (tertiary/aromatic N) is 1. The Morgan fingerprint density at radius 2 is 2.35 bits per heavy atom. The van der Waals surface area contributed by atoms with Crippen LogP contribution in [0.5, 0.6) is 5.75 Å². The Bertz CT molecular complexity index is 457. The molecule has 6 heteroatoms. The zero-order valence-corrected chi connectivity index (χ0v) is 9.30. The lowest BCUT2D eigenvalue weighted by Gasteiger charge is -2.08. The molecule has 0 atom stereocenters. The van der Waals surface area contributed by atoms with Gasteiger partial charge >= 0.3 is 0 Å². The molecule has 1 rings (SSSR count). The van der Waals surface area contributed by atoms with E-state index in [1.807, 2.05) is 0 Å². The summed E-state index contributed by atoms with van der Waals surface area (Å²) in [5.41, 5.74) is -0.368. The second-order valence-corrected chi connectivity index (χ2v) is 3.11. The molecule has 0 unspecified atom stereocenters. The molecule has 0 spiro atoms. The Balaban J connectivity index is 3.21. The molecule has 0 fully saturated rings. The molecule has 0 aliphatic carbocycles. The lowest BCUT2D eigenvalue weighted by atomic mass is 10.1. The van der Waals surface area contributed by atoms with Gasteiger partial charge in [-0.1, -0.05) is 12.1 Å². The number of nitro benzene ring substituents is 1. The Morgan fingerprint density at radius 3 is 2.88 bits per heavy atom. The quantitative estimate of drug-likeness (QED) is 0.477. The molecule has 0 saturated carbocycles. The van der Waals surface area contributed by atoms with Gasteiger partial charge in [0.25, 0.3) is 11.6 Å². The first-order chi connectivity index (χ1) is 8.11. The Kier molecular flexibility index (Phi) is 4.21. The first-order valence-corrected chi connectivity index (χ1v) is 4.82. The minimum Gasteiger partial charge on any atom is -0.496 e. The summed E-state index contributed by atoms with van der Waals surface area (Å²) in [6.45, 7) is 3.68. The molecule has 1 N–H and O–H groups in total. The molecule has 0 aromatic heterocycles. The number of hydrogen-bond donors (Lipinski definition) is 1. The van der Waals surface area contributed by atoms with Crippen molar-refractivity contribution in [2.24, 2.45) is 0 Å². The van der Waals surface area contributed by atoms with Gasteiger partial charge in [-0.15, -0.1) is 6.58 Å². The van der Waals surface area contributed by atoms with Crippen molar-refractivity contribution < 1.29 is 14.5 Å². The van der Waals surface area contributed by atoms with Gasteiger partial charge in [-0.3, -0.25) is 14.9 Å². The second-order valence-electron chi connectivity index (χ2n) is 3.11. The lowest BCUT2D eigenvalue weighted by Crippen LogP contribution is -2.24. The summed E-state index contributed by atoms with van der Waals surface area (Å²) in [5, 5.41) is 13.3. The van der Waals surface area contributed by atoms with Crippen LogP contribution in [0.4, 0.5) is 5.69 Å². The van der Waals surface area contributed by atoms with E-state index in [0.717, 1.165) is 0 Å². The van der Waals surface area contributed by atoms with Crippen LogP contribution < -0.4 is 10.1 Å². The van der Waals surface area contributed by atoms with Gasteiger partial charge in [0, 0.05) is 12.6 Å². The monoisotopic (exact) mass is 236 g/mol. The summed E-state index contributed by atoms with van der Waals surface area (Å²) in [7, 11) is 1.35. The molecule has 1 amide bonds.